The number of carbonyl (C=O) groups is 1. The second kappa shape index (κ2) is 6.37. The summed E-state index contributed by atoms with van der Waals surface area (Å²) in [6, 6.07) is 10.9. The van der Waals surface area contributed by atoms with Crippen molar-refractivity contribution < 1.29 is 19.2 Å². The Morgan fingerprint density at radius 3 is 2.50 bits per heavy atom. The second-order valence-electron chi connectivity index (χ2n) is 5.22. The molecule has 8 heteroatoms. The van der Waals surface area contributed by atoms with Gasteiger partial charge in [-0.3, -0.25) is 14.9 Å². The molecule has 124 valence electrons. The van der Waals surface area contributed by atoms with E-state index in [-0.39, 0.29) is 16.4 Å². The minimum atomic E-state index is -0.869. The molecule has 7 nitrogen and oxygen atoms in total. The molecular weight excluding hydrogens is 336 g/mol. The van der Waals surface area contributed by atoms with Gasteiger partial charge in [0.25, 0.3) is 11.6 Å². The van der Waals surface area contributed by atoms with Crippen LogP contribution in [0.1, 0.15) is 6.92 Å². The first kappa shape index (κ1) is 16.1. The second-order valence-corrected chi connectivity index (χ2v) is 5.63. The van der Waals surface area contributed by atoms with Gasteiger partial charge in [0.2, 0.25) is 6.10 Å². The van der Waals surface area contributed by atoms with Gasteiger partial charge < -0.3 is 14.8 Å². The van der Waals surface area contributed by atoms with E-state index in [1.807, 2.05) is 6.07 Å². The number of rotatable bonds is 3. The Morgan fingerprint density at radius 2 is 1.88 bits per heavy atom. The van der Waals surface area contributed by atoms with Crippen LogP contribution in [0.5, 0.6) is 11.5 Å². The van der Waals surface area contributed by atoms with E-state index in [4.69, 9.17) is 21.1 Å². The summed E-state index contributed by atoms with van der Waals surface area (Å²) in [5, 5.41) is 13.4. The predicted molar refractivity (Wildman–Crippen MR) is 87.7 cm³/mol. The molecule has 1 aliphatic heterocycles. The van der Waals surface area contributed by atoms with Crippen molar-refractivity contribution in [1.82, 2.24) is 0 Å². The summed E-state index contributed by atoms with van der Waals surface area (Å²) in [6.07, 6.45) is -1.37. The third-order valence-electron chi connectivity index (χ3n) is 3.52. The van der Waals surface area contributed by atoms with Gasteiger partial charge >= 0.3 is 0 Å². The van der Waals surface area contributed by atoms with Crippen LogP contribution in [0.2, 0.25) is 5.02 Å². The zero-order valence-corrected chi connectivity index (χ0v) is 13.3. The number of fused-ring (bicyclic) bond motifs is 1. The lowest BCUT2D eigenvalue weighted by Crippen LogP contribution is -2.46. The molecule has 0 saturated heterocycles. The van der Waals surface area contributed by atoms with E-state index < -0.39 is 23.0 Å². The summed E-state index contributed by atoms with van der Waals surface area (Å²) in [4.78, 5) is 22.6. The predicted octanol–water partition coefficient (Wildman–Crippen LogP) is 3.42. The molecule has 1 amide bonds. The number of nitro benzene ring substituents is 1. The molecule has 1 heterocycles. The van der Waals surface area contributed by atoms with Crippen molar-refractivity contribution in [2.45, 2.75) is 19.1 Å². The topological polar surface area (TPSA) is 90.7 Å². The highest BCUT2D eigenvalue weighted by Gasteiger charge is 2.34. The highest BCUT2D eigenvalue weighted by molar-refractivity contribution is 6.34. The monoisotopic (exact) mass is 348 g/mol. The number of ether oxygens (including phenoxy) is 2. The van der Waals surface area contributed by atoms with Gasteiger partial charge in [0.05, 0.1) is 15.6 Å². The molecule has 0 spiro atoms. The largest absolute Gasteiger partial charge is 0.482 e. The lowest BCUT2D eigenvalue weighted by molar-refractivity contribution is -0.384. The Hall–Kier alpha value is -2.80. The van der Waals surface area contributed by atoms with Crippen molar-refractivity contribution in [1.29, 1.82) is 0 Å². The van der Waals surface area contributed by atoms with Crippen LogP contribution in [-0.2, 0) is 4.79 Å². The van der Waals surface area contributed by atoms with Crippen LogP contribution >= 0.6 is 11.6 Å². The number of para-hydroxylation sites is 2. The number of nitrogens with one attached hydrogen (secondary N) is 1. The Kier molecular flexibility index (Phi) is 4.26. The van der Waals surface area contributed by atoms with Crippen molar-refractivity contribution in [3.8, 4) is 11.5 Å². The summed E-state index contributed by atoms with van der Waals surface area (Å²) < 4.78 is 11.4. The van der Waals surface area contributed by atoms with Gasteiger partial charge in [-0.1, -0.05) is 23.7 Å². The molecule has 24 heavy (non-hydrogen) atoms. The van der Waals surface area contributed by atoms with Gasteiger partial charge in [-0.2, -0.15) is 0 Å². The van der Waals surface area contributed by atoms with Crippen molar-refractivity contribution in [2.75, 3.05) is 5.32 Å². The van der Waals surface area contributed by atoms with Crippen LogP contribution in [-0.4, -0.2) is 23.0 Å². The Labute approximate surface area is 142 Å². The van der Waals surface area contributed by atoms with E-state index in [0.717, 1.165) is 0 Å². The highest BCUT2D eigenvalue weighted by Crippen LogP contribution is 2.34. The molecule has 0 aliphatic carbocycles. The fraction of sp³-hybridized carbons (Fsp3) is 0.188. The standard InChI is InChI=1S/C16H13ClN2O5/c1-9-15(24-14-5-3-2-4-13(14)23-9)16(20)18-12-7-6-10(19(21)22)8-11(12)17/h2-9,15H,1H3,(H,18,20)/t9-,15-/m0/s1. The molecule has 2 atom stereocenters. The van der Waals surface area contributed by atoms with E-state index in [2.05, 4.69) is 5.32 Å². The van der Waals surface area contributed by atoms with E-state index in [1.165, 1.54) is 18.2 Å². The molecule has 1 N–H and O–H groups in total. The SMILES string of the molecule is C[C@@H]1Oc2ccccc2O[C@@H]1C(=O)Nc1ccc([N+](=O)[O-])cc1Cl. The van der Waals surface area contributed by atoms with Crippen molar-refractivity contribution >= 4 is 28.9 Å². The fourth-order valence-electron chi connectivity index (χ4n) is 2.33. The van der Waals surface area contributed by atoms with Crippen LogP contribution in [0, 0.1) is 10.1 Å². The maximum Gasteiger partial charge on any atom is 0.271 e. The molecule has 2 aromatic rings. The van der Waals surface area contributed by atoms with Gasteiger partial charge in [0.1, 0.15) is 6.10 Å². The minimum Gasteiger partial charge on any atom is -0.482 e. The van der Waals surface area contributed by atoms with Crippen LogP contribution in [0.15, 0.2) is 42.5 Å². The molecule has 0 radical (unpaired) electrons. The number of non-ortho nitro benzene ring substituents is 1. The maximum absolute atomic E-state index is 12.5. The average Bonchev–Trinajstić information content (AvgIpc) is 2.55. The molecular formula is C16H13ClN2O5. The van der Waals surface area contributed by atoms with Crippen LogP contribution < -0.4 is 14.8 Å². The number of nitrogens with zero attached hydrogens (tertiary/aromatic N) is 1. The maximum atomic E-state index is 12.5. The van der Waals surface area contributed by atoms with Gasteiger partial charge in [0.15, 0.2) is 11.5 Å². The van der Waals surface area contributed by atoms with E-state index in [1.54, 1.807) is 25.1 Å². The molecule has 1 aliphatic rings. The van der Waals surface area contributed by atoms with Crippen molar-refractivity contribution in [3.05, 3.63) is 57.6 Å². The summed E-state index contributed by atoms with van der Waals surface area (Å²) in [6.45, 7) is 1.72. The Bertz CT molecular complexity index is 811. The number of hydrogen-bond donors (Lipinski definition) is 1. The van der Waals surface area contributed by atoms with E-state index in [9.17, 15) is 14.9 Å². The van der Waals surface area contributed by atoms with Crippen LogP contribution in [0.25, 0.3) is 0 Å². The summed E-state index contributed by atoms with van der Waals surface area (Å²) in [5.41, 5.74) is 0.111. The van der Waals surface area contributed by atoms with Gasteiger partial charge in [-0.25, -0.2) is 0 Å². The Morgan fingerprint density at radius 1 is 1.21 bits per heavy atom. The number of anilines is 1. The zero-order valence-electron chi connectivity index (χ0n) is 12.6. The smallest absolute Gasteiger partial charge is 0.271 e. The van der Waals surface area contributed by atoms with Crippen LogP contribution in [0.3, 0.4) is 0 Å². The number of halogens is 1. The summed E-state index contributed by atoms with van der Waals surface area (Å²) >= 11 is 5.98. The molecule has 0 aromatic heterocycles. The number of amides is 1. The molecule has 3 rings (SSSR count). The summed E-state index contributed by atoms with van der Waals surface area (Å²) in [5.74, 6) is 0.598. The molecule has 0 bridgehead atoms. The average molecular weight is 349 g/mol. The molecule has 2 aromatic carbocycles. The van der Waals surface area contributed by atoms with Crippen molar-refractivity contribution in [3.63, 3.8) is 0 Å². The first-order chi connectivity index (χ1) is 11.5. The van der Waals surface area contributed by atoms with Gasteiger partial charge in [0, 0.05) is 12.1 Å². The highest BCUT2D eigenvalue weighted by atomic mass is 35.5. The van der Waals surface area contributed by atoms with Gasteiger partial charge in [-0.15, -0.1) is 0 Å². The van der Waals surface area contributed by atoms with E-state index in [0.29, 0.717) is 11.5 Å². The third kappa shape index (κ3) is 3.11. The number of carbonyl (C=O) groups excluding carboxylic acids is 1. The number of nitro groups is 1. The first-order valence-corrected chi connectivity index (χ1v) is 7.50. The quantitative estimate of drug-likeness (QED) is 0.678. The number of benzene rings is 2. The first-order valence-electron chi connectivity index (χ1n) is 7.13. The summed E-state index contributed by atoms with van der Waals surface area (Å²) in [7, 11) is 0. The fourth-order valence-corrected chi connectivity index (χ4v) is 2.55. The van der Waals surface area contributed by atoms with Gasteiger partial charge in [-0.05, 0) is 25.1 Å². The van der Waals surface area contributed by atoms with Crippen LogP contribution in [0.4, 0.5) is 11.4 Å². The Balaban J connectivity index is 1.77. The van der Waals surface area contributed by atoms with E-state index >= 15 is 0 Å². The lowest BCUT2D eigenvalue weighted by atomic mass is 10.1. The molecule has 0 fully saturated rings. The minimum absolute atomic E-state index is 0.0716. The molecule has 0 saturated carbocycles. The lowest BCUT2D eigenvalue weighted by Gasteiger charge is -2.31. The third-order valence-corrected chi connectivity index (χ3v) is 3.83. The molecule has 0 unspecified atom stereocenters. The normalized spacial score (nSPS) is 18.8. The zero-order chi connectivity index (χ0) is 17.3. The number of hydrogen-bond acceptors (Lipinski definition) is 5. The van der Waals surface area contributed by atoms with Crippen molar-refractivity contribution in [2.24, 2.45) is 0 Å².